The molecule has 2 rings (SSSR count). The molecule has 1 saturated carbocycles. The maximum absolute atomic E-state index is 6.29. The number of ether oxygens (including phenoxy) is 1. The highest BCUT2D eigenvalue weighted by Crippen LogP contribution is 2.27. The molecule has 0 amide bonds. The lowest BCUT2D eigenvalue weighted by Crippen LogP contribution is -2.27. The van der Waals surface area contributed by atoms with Gasteiger partial charge < -0.3 is 10.5 Å². The first-order valence-corrected chi connectivity index (χ1v) is 7.16. The lowest BCUT2D eigenvalue weighted by atomic mass is 9.84. The van der Waals surface area contributed by atoms with Gasteiger partial charge in [0.25, 0.3) is 0 Å². The molecule has 2 N–H and O–H groups in total. The highest BCUT2D eigenvalue weighted by molar-refractivity contribution is 5.28. The molecule has 1 aromatic carbocycles. The van der Waals surface area contributed by atoms with E-state index in [1.807, 2.05) is 12.1 Å². The average molecular weight is 247 g/mol. The van der Waals surface area contributed by atoms with E-state index in [1.54, 1.807) is 7.11 Å². The number of hydrogen-bond donors (Lipinski definition) is 1. The molecule has 0 aromatic heterocycles. The molecule has 0 saturated heterocycles. The van der Waals surface area contributed by atoms with Crippen molar-refractivity contribution in [2.24, 2.45) is 11.7 Å². The van der Waals surface area contributed by atoms with Gasteiger partial charge in [-0.05, 0) is 36.5 Å². The quantitative estimate of drug-likeness (QED) is 0.863. The molecule has 1 unspecified atom stereocenters. The van der Waals surface area contributed by atoms with E-state index in [0.29, 0.717) is 6.04 Å². The smallest absolute Gasteiger partial charge is 0.119 e. The third-order valence-electron chi connectivity index (χ3n) is 3.99. The predicted octanol–water partition coefficient (Wildman–Crippen LogP) is 3.54. The number of rotatable bonds is 5. The third kappa shape index (κ3) is 4.02. The average Bonchev–Trinajstić information content (AvgIpc) is 2.40. The van der Waals surface area contributed by atoms with Crippen molar-refractivity contribution in [1.82, 2.24) is 0 Å². The third-order valence-corrected chi connectivity index (χ3v) is 3.99. The highest BCUT2D eigenvalue weighted by atomic mass is 16.5. The monoisotopic (exact) mass is 247 g/mol. The second kappa shape index (κ2) is 6.79. The van der Waals surface area contributed by atoms with Crippen molar-refractivity contribution in [2.45, 2.75) is 51.0 Å². The van der Waals surface area contributed by atoms with Gasteiger partial charge in [0.2, 0.25) is 0 Å². The van der Waals surface area contributed by atoms with Crippen LogP contribution in [-0.2, 0) is 6.42 Å². The van der Waals surface area contributed by atoms with Gasteiger partial charge in [0.1, 0.15) is 5.75 Å². The molecule has 2 heteroatoms. The van der Waals surface area contributed by atoms with Gasteiger partial charge in [-0.15, -0.1) is 0 Å². The molecular formula is C16H25NO. The molecule has 0 heterocycles. The Balaban J connectivity index is 1.83. The van der Waals surface area contributed by atoms with E-state index in [2.05, 4.69) is 12.1 Å². The Bertz CT molecular complexity index is 358. The van der Waals surface area contributed by atoms with Gasteiger partial charge in [-0.25, -0.2) is 0 Å². The van der Waals surface area contributed by atoms with E-state index in [4.69, 9.17) is 10.5 Å². The van der Waals surface area contributed by atoms with E-state index in [0.717, 1.165) is 18.1 Å². The van der Waals surface area contributed by atoms with Crippen molar-refractivity contribution < 1.29 is 4.74 Å². The van der Waals surface area contributed by atoms with Crippen LogP contribution in [0.15, 0.2) is 24.3 Å². The van der Waals surface area contributed by atoms with Crippen molar-refractivity contribution in [2.75, 3.05) is 7.11 Å². The maximum atomic E-state index is 6.29. The molecule has 0 radical (unpaired) electrons. The number of benzene rings is 1. The molecule has 18 heavy (non-hydrogen) atoms. The van der Waals surface area contributed by atoms with Crippen LogP contribution in [-0.4, -0.2) is 13.2 Å². The fraction of sp³-hybridized carbons (Fsp3) is 0.625. The zero-order chi connectivity index (χ0) is 12.8. The van der Waals surface area contributed by atoms with Crippen LogP contribution in [0.2, 0.25) is 0 Å². The van der Waals surface area contributed by atoms with Gasteiger partial charge in [-0.2, -0.15) is 0 Å². The molecule has 1 aliphatic rings. The molecule has 1 atom stereocenters. The molecule has 1 aromatic rings. The fourth-order valence-electron chi connectivity index (χ4n) is 3.04. The Hall–Kier alpha value is -1.02. The topological polar surface area (TPSA) is 35.2 Å². The van der Waals surface area contributed by atoms with Crippen LogP contribution < -0.4 is 10.5 Å². The summed E-state index contributed by atoms with van der Waals surface area (Å²) in [5.41, 5.74) is 7.58. The normalized spacial score (nSPS) is 18.6. The van der Waals surface area contributed by atoms with Crippen LogP contribution in [0.5, 0.6) is 5.75 Å². The summed E-state index contributed by atoms with van der Waals surface area (Å²) >= 11 is 0. The fourth-order valence-corrected chi connectivity index (χ4v) is 3.04. The largest absolute Gasteiger partial charge is 0.497 e. The second-order valence-electron chi connectivity index (χ2n) is 5.56. The van der Waals surface area contributed by atoms with Crippen molar-refractivity contribution in [3.63, 3.8) is 0 Å². The molecule has 1 aliphatic carbocycles. The van der Waals surface area contributed by atoms with Gasteiger partial charge in [-0.1, -0.05) is 44.2 Å². The van der Waals surface area contributed by atoms with E-state index >= 15 is 0 Å². The molecule has 0 aliphatic heterocycles. The molecule has 0 spiro atoms. The molecule has 1 fully saturated rings. The van der Waals surface area contributed by atoms with E-state index in [-0.39, 0.29) is 0 Å². The summed E-state index contributed by atoms with van der Waals surface area (Å²) in [6.45, 7) is 0. The van der Waals surface area contributed by atoms with Gasteiger partial charge in [0.15, 0.2) is 0 Å². The Morgan fingerprint density at radius 3 is 2.78 bits per heavy atom. The number of methoxy groups -OCH3 is 1. The standard InChI is InChI=1S/C16H25NO/c1-18-16-9-5-8-14(12-16)11-15(17)10-13-6-3-2-4-7-13/h5,8-9,12-13,15H,2-4,6-7,10-11,17H2,1H3. The zero-order valence-corrected chi connectivity index (χ0v) is 11.4. The van der Waals surface area contributed by atoms with Crippen molar-refractivity contribution >= 4 is 0 Å². The summed E-state index contributed by atoms with van der Waals surface area (Å²) in [7, 11) is 1.71. The second-order valence-corrected chi connectivity index (χ2v) is 5.56. The van der Waals surface area contributed by atoms with Crippen molar-refractivity contribution in [1.29, 1.82) is 0 Å². The molecule has 100 valence electrons. The van der Waals surface area contributed by atoms with Gasteiger partial charge in [0.05, 0.1) is 7.11 Å². The van der Waals surface area contributed by atoms with Crippen molar-refractivity contribution in [3.8, 4) is 5.75 Å². The first kappa shape index (κ1) is 13.4. The number of hydrogen-bond acceptors (Lipinski definition) is 2. The first-order chi connectivity index (χ1) is 8.78. The van der Waals surface area contributed by atoms with Crippen LogP contribution in [0.1, 0.15) is 44.1 Å². The number of nitrogens with two attached hydrogens (primary N) is 1. The zero-order valence-electron chi connectivity index (χ0n) is 11.4. The maximum Gasteiger partial charge on any atom is 0.119 e. The summed E-state index contributed by atoms with van der Waals surface area (Å²) in [6.07, 6.45) is 9.12. The highest BCUT2D eigenvalue weighted by Gasteiger charge is 2.16. The molecule has 0 bridgehead atoms. The minimum Gasteiger partial charge on any atom is -0.497 e. The van der Waals surface area contributed by atoms with Crippen LogP contribution in [0.25, 0.3) is 0 Å². The van der Waals surface area contributed by atoms with Crippen LogP contribution >= 0.6 is 0 Å². The van der Waals surface area contributed by atoms with E-state index in [9.17, 15) is 0 Å². The van der Waals surface area contributed by atoms with Crippen LogP contribution in [0.4, 0.5) is 0 Å². The van der Waals surface area contributed by atoms with Gasteiger partial charge in [-0.3, -0.25) is 0 Å². The summed E-state index contributed by atoms with van der Waals surface area (Å²) in [4.78, 5) is 0. The van der Waals surface area contributed by atoms with Crippen LogP contribution in [0.3, 0.4) is 0 Å². The minimum atomic E-state index is 0.292. The lowest BCUT2D eigenvalue weighted by molar-refractivity contribution is 0.316. The van der Waals surface area contributed by atoms with Gasteiger partial charge in [0, 0.05) is 6.04 Å². The van der Waals surface area contributed by atoms with E-state index in [1.165, 1.54) is 44.1 Å². The predicted molar refractivity (Wildman–Crippen MR) is 75.9 cm³/mol. The van der Waals surface area contributed by atoms with Gasteiger partial charge >= 0.3 is 0 Å². The van der Waals surface area contributed by atoms with E-state index < -0.39 is 0 Å². The Kier molecular flexibility index (Phi) is 5.06. The molecular weight excluding hydrogens is 222 g/mol. The lowest BCUT2D eigenvalue weighted by Gasteiger charge is -2.24. The van der Waals surface area contributed by atoms with Crippen molar-refractivity contribution in [3.05, 3.63) is 29.8 Å². The summed E-state index contributed by atoms with van der Waals surface area (Å²) in [5, 5.41) is 0. The Morgan fingerprint density at radius 1 is 1.28 bits per heavy atom. The first-order valence-electron chi connectivity index (χ1n) is 7.16. The summed E-state index contributed by atoms with van der Waals surface area (Å²) in [5.74, 6) is 1.79. The summed E-state index contributed by atoms with van der Waals surface area (Å²) in [6, 6.07) is 8.56. The SMILES string of the molecule is COc1cccc(CC(N)CC2CCCCC2)c1. The minimum absolute atomic E-state index is 0.292. The Morgan fingerprint density at radius 2 is 2.06 bits per heavy atom. The Labute approximate surface area is 111 Å². The summed E-state index contributed by atoms with van der Waals surface area (Å²) < 4.78 is 5.25. The van der Waals surface area contributed by atoms with Crippen LogP contribution in [0, 0.1) is 5.92 Å². The molecule has 2 nitrogen and oxygen atoms in total.